The van der Waals surface area contributed by atoms with Crippen molar-refractivity contribution in [1.82, 2.24) is 10.2 Å². The fraction of sp³-hybridized carbons (Fsp3) is 0.310. The molecule has 0 aliphatic carbocycles. The molecule has 0 unspecified atom stereocenters. The Morgan fingerprint density at radius 2 is 1.63 bits per heavy atom. The van der Waals surface area contributed by atoms with E-state index < -0.39 is 51.9 Å². The highest BCUT2D eigenvalue weighted by atomic mass is 35.5. The molecule has 3 aromatic carbocycles. The van der Waals surface area contributed by atoms with Crippen molar-refractivity contribution in [2.75, 3.05) is 23.7 Å². The lowest BCUT2D eigenvalue weighted by atomic mass is 10.0. The van der Waals surface area contributed by atoms with Gasteiger partial charge < -0.3 is 10.2 Å². The number of nitrogens with one attached hydrogen (secondary N) is 1. The molecule has 0 saturated carbocycles. The van der Waals surface area contributed by atoms with Gasteiger partial charge in [-0.3, -0.25) is 13.9 Å². The average Bonchev–Trinajstić information content (AvgIpc) is 2.90. The molecule has 0 bridgehead atoms. The van der Waals surface area contributed by atoms with E-state index in [1.54, 1.807) is 43.3 Å². The van der Waals surface area contributed by atoms with Gasteiger partial charge in [-0.25, -0.2) is 8.42 Å². The van der Waals surface area contributed by atoms with Crippen LogP contribution in [0.15, 0.2) is 72.8 Å². The number of carbonyl (C=O) groups is 2. The number of halogens is 4. The molecule has 220 valence electrons. The van der Waals surface area contributed by atoms with E-state index in [4.69, 9.17) is 11.6 Å². The maximum Gasteiger partial charge on any atom is 0.416 e. The van der Waals surface area contributed by atoms with Crippen LogP contribution in [0.4, 0.5) is 18.9 Å². The lowest BCUT2D eigenvalue weighted by Crippen LogP contribution is -2.53. The summed E-state index contributed by atoms with van der Waals surface area (Å²) in [6, 6.07) is 17.4. The molecule has 41 heavy (non-hydrogen) atoms. The molecule has 3 aromatic rings. The Hall–Kier alpha value is -3.57. The van der Waals surface area contributed by atoms with E-state index in [1.165, 1.54) is 4.90 Å². The predicted octanol–water partition coefficient (Wildman–Crippen LogP) is 5.21. The zero-order valence-electron chi connectivity index (χ0n) is 22.8. The average molecular weight is 610 g/mol. The summed E-state index contributed by atoms with van der Waals surface area (Å²) in [6.45, 7) is 2.92. The van der Waals surface area contributed by atoms with Crippen molar-refractivity contribution in [3.05, 3.63) is 100 Å². The highest BCUT2D eigenvalue weighted by Gasteiger charge is 2.35. The summed E-state index contributed by atoms with van der Waals surface area (Å²) in [5.74, 6) is -1.25. The summed E-state index contributed by atoms with van der Waals surface area (Å²) in [5, 5.41) is 2.45. The zero-order chi connectivity index (χ0) is 30.4. The van der Waals surface area contributed by atoms with Crippen LogP contribution in [0, 0.1) is 6.92 Å². The first kappa shape index (κ1) is 32.0. The lowest BCUT2D eigenvalue weighted by molar-refractivity contribution is -0.140. The van der Waals surface area contributed by atoms with Crippen molar-refractivity contribution < 1.29 is 31.2 Å². The molecule has 0 fully saturated rings. The van der Waals surface area contributed by atoms with Gasteiger partial charge in [0.1, 0.15) is 12.6 Å². The first-order valence-electron chi connectivity index (χ1n) is 12.7. The second-order valence-electron chi connectivity index (χ2n) is 9.48. The smallest absolute Gasteiger partial charge is 0.355 e. The number of amides is 2. The van der Waals surface area contributed by atoms with Crippen LogP contribution in [-0.4, -0.2) is 50.5 Å². The monoisotopic (exact) mass is 609 g/mol. The number of benzene rings is 3. The highest BCUT2D eigenvalue weighted by molar-refractivity contribution is 7.92. The Labute approximate surface area is 243 Å². The normalized spacial score (nSPS) is 12.5. The minimum atomic E-state index is -4.78. The van der Waals surface area contributed by atoms with E-state index >= 15 is 0 Å². The first-order valence-corrected chi connectivity index (χ1v) is 14.9. The largest absolute Gasteiger partial charge is 0.416 e. The van der Waals surface area contributed by atoms with Crippen molar-refractivity contribution in [2.24, 2.45) is 0 Å². The second kappa shape index (κ2) is 13.4. The summed E-state index contributed by atoms with van der Waals surface area (Å²) >= 11 is 6.16. The Kier molecular flexibility index (Phi) is 10.4. The first-order chi connectivity index (χ1) is 19.2. The van der Waals surface area contributed by atoms with E-state index in [9.17, 15) is 31.2 Å². The van der Waals surface area contributed by atoms with Crippen molar-refractivity contribution in [2.45, 2.75) is 39.0 Å². The molecule has 0 saturated heterocycles. The van der Waals surface area contributed by atoms with Gasteiger partial charge in [0, 0.05) is 19.5 Å². The van der Waals surface area contributed by atoms with Gasteiger partial charge in [-0.1, -0.05) is 66.2 Å². The Morgan fingerprint density at radius 3 is 2.22 bits per heavy atom. The molecule has 0 aliphatic rings. The lowest BCUT2D eigenvalue weighted by Gasteiger charge is -2.34. The second-order valence-corrected chi connectivity index (χ2v) is 11.8. The van der Waals surface area contributed by atoms with Gasteiger partial charge in [0.05, 0.1) is 22.5 Å². The van der Waals surface area contributed by atoms with Crippen LogP contribution in [0.3, 0.4) is 0 Å². The molecule has 0 spiro atoms. The SMILES string of the molecule is CCNC(=O)[C@@H](Cc1ccccc1)N(Cc1ccccc1C)C(=O)CN(c1cc(C(F)(F)F)ccc1Cl)S(C)(=O)=O. The molecular formula is C29H31ClF3N3O4S. The standard InChI is InChI=1S/C29H31ClF3N3O4S/c1-4-34-28(38)26(16-21-11-6-5-7-12-21)35(18-22-13-9-8-10-20(22)2)27(37)19-36(41(3,39)40)25-17-23(29(31,32)33)14-15-24(25)30/h5-15,17,26H,4,16,18-19H2,1-3H3,(H,34,38)/t26-/m1/s1. The minimum absolute atomic E-state index is 0.0476. The van der Waals surface area contributed by atoms with Crippen LogP contribution >= 0.6 is 11.6 Å². The Morgan fingerprint density at radius 1 is 1.00 bits per heavy atom. The molecule has 3 rings (SSSR count). The van der Waals surface area contributed by atoms with Crippen LogP contribution < -0.4 is 9.62 Å². The fourth-order valence-electron chi connectivity index (χ4n) is 4.29. The van der Waals surface area contributed by atoms with Crippen molar-refractivity contribution in [1.29, 1.82) is 0 Å². The number of hydrogen-bond acceptors (Lipinski definition) is 4. The van der Waals surface area contributed by atoms with Crippen LogP contribution in [0.2, 0.25) is 5.02 Å². The molecule has 1 N–H and O–H groups in total. The molecule has 12 heteroatoms. The number of nitrogens with zero attached hydrogens (tertiary/aromatic N) is 2. The number of anilines is 1. The van der Waals surface area contributed by atoms with Gasteiger partial charge >= 0.3 is 6.18 Å². The number of rotatable bonds is 11. The quantitative estimate of drug-likeness (QED) is 0.323. The summed E-state index contributed by atoms with van der Waals surface area (Å²) in [7, 11) is -4.29. The van der Waals surface area contributed by atoms with Gasteiger partial charge in [0.25, 0.3) is 0 Å². The molecular weight excluding hydrogens is 579 g/mol. The maximum absolute atomic E-state index is 14.0. The number of likely N-dealkylation sites (N-methyl/N-ethyl adjacent to an activating group) is 1. The Balaban J connectivity index is 2.11. The predicted molar refractivity (Wildman–Crippen MR) is 153 cm³/mol. The third-order valence-corrected chi connectivity index (χ3v) is 7.89. The fourth-order valence-corrected chi connectivity index (χ4v) is 5.41. The van der Waals surface area contributed by atoms with E-state index in [2.05, 4.69) is 5.32 Å². The van der Waals surface area contributed by atoms with Crippen LogP contribution in [0.25, 0.3) is 0 Å². The summed E-state index contributed by atoms with van der Waals surface area (Å²) < 4.78 is 66.7. The number of hydrogen-bond donors (Lipinski definition) is 1. The van der Waals surface area contributed by atoms with Gasteiger partial charge in [0.15, 0.2) is 0 Å². The molecule has 0 heterocycles. The zero-order valence-corrected chi connectivity index (χ0v) is 24.4. The number of sulfonamides is 1. The van der Waals surface area contributed by atoms with Crippen LogP contribution in [0.5, 0.6) is 0 Å². The van der Waals surface area contributed by atoms with Gasteiger partial charge in [0.2, 0.25) is 21.8 Å². The van der Waals surface area contributed by atoms with E-state index in [0.29, 0.717) is 15.9 Å². The Bertz CT molecular complexity index is 1480. The summed E-state index contributed by atoms with van der Waals surface area (Å²) in [5.41, 5.74) is 0.684. The molecule has 7 nitrogen and oxygen atoms in total. The van der Waals surface area contributed by atoms with Gasteiger partial charge in [-0.15, -0.1) is 0 Å². The number of carbonyl (C=O) groups excluding carboxylic acids is 2. The van der Waals surface area contributed by atoms with Crippen LogP contribution in [-0.2, 0) is 38.8 Å². The molecule has 2 amide bonds. The van der Waals surface area contributed by atoms with Crippen molar-refractivity contribution >= 4 is 39.1 Å². The number of alkyl halides is 3. The molecule has 0 aromatic heterocycles. The maximum atomic E-state index is 14.0. The van der Waals surface area contributed by atoms with Gasteiger partial charge in [-0.05, 0) is 48.7 Å². The molecule has 0 radical (unpaired) electrons. The van der Waals surface area contributed by atoms with Gasteiger partial charge in [-0.2, -0.15) is 13.2 Å². The van der Waals surface area contributed by atoms with Crippen LogP contribution in [0.1, 0.15) is 29.2 Å². The minimum Gasteiger partial charge on any atom is -0.355 e. The molecule has 0 aliphatic heterocycles. The van der Waals surface area contributed by atoms with Crippen molar-refractivity contribution in [3.8, 4) is 0 Å². The van der Waals surface area contributed by atoms with E-state index in [-0.39, 0.29) is 24.5 Å². The van der Waals surface area contributed by atoms with E-state index in [0.717, 1.165) is 29.5 Å². The topological polar surface area (TPSA) is 86.8 Å². The number of aryl methyl sites for hydroxylation is 1. The summed E-state index contributed by atoms with van der Waals surface area (Å²) in [4.78, 5) is 28.6. The highest BCUT2D eigenvalue weighted by Crippen LogP contribution is 2.36. The third kappa shape index (κ3) is 8.46. The van der Waals surface area contributed by atoms with E-state index in [1.807, 2.05) is 25.1 Å². The summed E-state index contributed by atoms with van der Waals surface area (Å²) in [6.07, 6.45) is -3.89. The third-order valence-electron chi connectivity index (χ3n) is 6.45. The molecule has 1 atom stereocenters. The van der Waals surface area contributed by atoms with Crippen molar-refractivity contribution in [3.63, 3.8) is 0 Å².